The van der Waals surface area contributed by atoms with Crippen LogP contribution in [0.4, 0.5) is 0 Å². The zero-order valence-corrected chi connectivity index (χ0v) is 18.5. The number of nitrogens with zero attached hydrogens (tertiary/aromatic N) is 1. The number of likely N-dealkylation sites (N-methyl/N-ethyl adjacent to an activating group) is 1. The van der Waals surface area contributed by atoms with Crippen molar-refractivity contribution in [2.45, 2.75) is 26.4 Å². The first-order chi connectivity index (χ1) is 13.8. The van der Waals surface area contributed by atoms with Gasteiger partial charge in [0.15, 0.2) is 11.5 Å². The van der Waals surface area contributed by atoms with Crippen LogP contribution >= 0.6 is 11.3 Å². The molecule has 0 aliphatic carbocycles. The van der Waals surface area contributed by atoms with E-state index in [1.165, 1.54) is 21.3 Å². The minimum Gasteiger partial charge on any atom is -0.493 e. The van der Waals surface area contributed by atoms with Gasteiger partial charge in [0.1, 0.15) is 6.04 Å². The van der Waals surface area contributed by atoms with Gasteiger partial charge >= 0.3 is 0 Å². The average molecular weight is 421 g/mol. The van der Waals surface area contributed by atoms with Gasteiger partial charge in [-0.2, -0.15) is 11.3 Å². The van der Waals surface area contributed by atoms with Crippen molar-refractivity contribution >= 4 is 23.2 Å². The Labute approximate surface area is 175 Å². The van der Waals surface area contributed by atoms with E-state index in [0.29, 0.717) is 29.4 Å². The van der Waals surface area contributed by atoms with Crippen LogP contribution in [0.3, 0.4) is 0 Å². The lowest BCUT2D eigenvalue weighted by atomic mass is 10.0. The topological polar surface area (TPSA) is 77.1 Å². The molecule has 2 rings (SSSR count). The minimum absolute atomic E-state index is 0.0848. The summed E-state index contributed by atoms with van der Waals surface area (Å²) in [5, 5.41) is 6.83. The fourth-order valence-corrected chi connectivity index (χ4v) is 3.58. The number of methoxy groups -OCH3 is 3. The summed E-state index contributed by atoms with van der Waals surface area (Å²) in [6.45, 7) is 4.29. The lowest BCUT2D eigenvalue weighted by molar-refractivity contribution is -0.133. The second-order valence-corrected chi connectivity index (χ2v) is 7.72. The van der Waals surface area contributed by atoms with Gasteiger partial charge in [-0.15, -0.1) is 0 Å². The Kier molecular flexibility index (Phi) is 7.90. The maximum Gasteiger partial charge on any atom is 0.252 e. The molecule has 0 bridgehead atoms. The molecule has 0 aliphatic heterocycles. The Morgan fingerprint density at radius 1 is 1.10 bits per heavy atom. The first kappa shape index (κ1) is 22.5. The summed E-state index contributed by atoms with van der Waals surface area (Å²) in [4.78, 5) is 27.5. The molecule has 158 valence electrons. The Hall–Kier alpha value is -2.74. The van der Waals surface area contributed by atoms with Crippen molar-refractivity contribution in [1.82, 2.24) is 10.2 Å². The first-order valence-corrected chi connectivity index (χ1v) is 10.1. The maximum atomic E-state index is 13.0. The van der Waals surface area contributed by atoms with E-state index in [0.717, 1.165) is 5.56 Å². The zero-order valence-electron chi connectivity index (χ0n) is 17.6. The highest BCUT2D eigenvalue weighted by Crippen LogP contribution is 2.38. The lowest BCUT2D eigenvalue weighted by Crippen LogP contribution is -2.50. The van der Waals surface area contributed by atoms with Gasteiger partial charge in [-0.3, -0.25) is 9.59 Å². The van der Waals surface area contributed by atoms with Gasteiger partial charge in [0.2, 0.25) is 11.7 Å². The highest BCUT2D eigenvalue weighted by molar-refractivity contribution is 7.07. The smallest absolute Gasteiger partial charge is 0.252 e. The molecule has 0 saturated heterocycles. The zero-order chi connectivity index (χ0) is 21.6. The molecular weight excluding hydrogens is 392 g/mol. The van der Waals surface area contributed by atoms with Crippen molar-refractivity contribution in [2.75, 3.05) is 28.4 Å². The Balaban J connectivity index is 2.22. The molecule has 0 saturated carbocycles. The van der Waals surface area contributed by atoms with Gasteiger partial charge in [0.05, 0.1) is 21.3 Å². The Morgan fingerprint density at radius 3 is 2.17 bits per heavy atom. The highest BCUT2D eigenvalue weighted by atomic mass is 32.1. The summed E-state index contributed by atoms with van der Waals surface area (Å²) in [5.74, 6) is 0.530. The van der Waals surface area contributed by atoms with E-state index >= 15 is 0 Å². The normalized spacial score (nSPS) is 11.7. The molecule has 1 unspecified atom stereocenters. The van der Waals surface area contributed by atoms with Crippen LogP contribution in [0, 0.1) is 5.92 Å². The van der Waals surface area contributed by atoms with Crippen molar-refractivity contribution in [3.05, 3.63) is 40.1 Å². The summed E-state index contributed by atoms with van der Waals surface area (Å²) in [6.07, 6.45) is 0. The van der Waals surface area contributed by atoms with E-state index in [1.807, 2.05) is 30.7 Å². The standard InChI is InChI=1S/C21H28N2O5S/c1-13(2)18(21(25)23(3)11-14-7-8-29-12-14)22-20(24)15-9-16(26-4)19(28-6)17(10-15)27-5/h7-10,12-13,18H,11H2,1-6H3,(H,22,24). The molecule has 8 heteroatoms. The van der Waals surface area contributed by atoms with Crippen LogP contribution in [-0.2, 0) is 11.3 Å². The summed E-state index contributed by atoms with van der Waals surface area (Å²) in [6, 6.07) is 4.44. The van der Waals surface area contributed by atoms with Gasteiger partial charge in [-0.25, -0.2) is 0 Å². The number of hydrogen-bond donors (Lipinski definition) is 1. The van der Waals surface area contributed by atoms with Crippen molar-refractivity contribution in [2.24, 2.45) is 5.92 Å². The van der Waals surface area contributed by atoms with E-state index in [-0.39, 0.29) is 17.7 Å². The van der Waals surface area contributed by atoms with E-state index in [1.54, 1.807) is 35.4 Å². The number of amides is 2. The number of carbonyl (C=O) groups excluding carboxylic acids is 2. The van der Waals surface area contributed by atoms with Crippen LogP contribution < -0.4 is 19.5 Å². The molecule has 1 aromatic heterocycles. The van der Waals surface area contributed by atoms with Crippen molar-refractivity contribution in [3.63, 3.8) is 0 Å². The van der Waals surface area contributed by atoms with E-state index in [9.17, 15) is 9.59 Å². The fourth-order valence-electron chi connectivity index (χ4n) is 2.92. The molecule has 0 aliphatic rings. The fraction of sp³-hybridized carbons (Fsp3) is 0.429. The van der Waals surface area contributed by atoms with Crippen LogP contribution in [0.15, 0.2) is 29.0 Å². The highest BCUT2D eigenvalue weighted by Gasteiger charge is 2.28. The van der Waals surface area contributed by atoms with Crippen molar-refractivity contribution in [1.29, 1.82) is 0 Å². The molecule has 0 spiro atoms. The van der Waals surface area contributed by atoms with Crippen LogP contribution in [0.1, 0.15) is 29.8 Å². The summed E-state index contributed by atoms with van der Waals surface area (Å²) in [7, 11) is 6.20. The van der Waals surface area contributed by atoms with E-state index in [4.69, 9.17) is 14.2 Å². The van der Waals surface area contributed by atoms with Gasteiger partial charge in [0, 0.05) is 19.2 Å². The van der Waals surface area contributed by atoms with Gasteiger partial charge in [0.25, 0.3) is 5.91 Å². The Bertz CT molecular complexity index is 811. The van der Waals surface area contributed by atoms with Crippen LogP contribution in [-0.4, -0.2) is 51.1 Å². The average Bonchev–Trinajstić information content (AvgIpc) is 3.22. The van der Waals surface area contributed by atoms with Gasteiger partial charge in [-0.05, 0) is 40.4 Å². The number of nitrogens with one attached hydrogen (secondary N) is 1. The number of thiophene rings is 1. The summed E-state index contributed by atoms with van der Waals surface area (Å²) in [5.41, 5.74) is 1.38. The summed E-state index contributed by atoms with van der Waals surface area (Å²) >= 11 is 1.58. The second kappa shape index (κ2) is 10.2. The number of benzene rings is 1. The number of ether oxygens (including phenoxy) is 3. The van der Waals surface area contributed by atoms with Gasteiger partial charge in [-0.1, -0.05) is 13.8 Å². The summed E-state index contributed by atoms with van der Waals surface area (Å²) < 4.78 is 15.9. The third kappa shape index (κ3) is 5.41. The molecule has 1 aromatic carbocycles. The van der Waals surface area contributed by atoms with Crippen molar-refractivity contribution < 1.29 is 23.8 Å². The predicted octanol–water partition coefficient (Wildman–Crippen LogP) is 3.19. The molecule has 0 fully saturated rings. The third-order valence-electron chi connectivity index (χ3n) is 4.52. The predicted molar refractivity (Wildman–Crippen MR) is 113 cm³/mol. The largest absolute Gasteiger partial charge is 0.493 e. The number of hydrogen-bond acceptors (Lipinski definition) is 6. The molecule has 1 N–H and O–H groups in total. The molecule has 1 atom stereocenters. The van der Waals surface area contributed by atoms with Crippen LogP contribution in [0.25, 0.3) is 0 Å². The van der Waals surface area contributed by atoms with Gasteiger partial charge < -0.3 is 24.4 Å². The van der Waals surface area contributed by atoms with E-state index in [2.05, 4.69) is 5.32 Å². The monoisotopic (exact) mass is 420 g/mol. The molecular formula is C21H28N2O5S. The van der Waals surface area contributed by atoms with E-state index < -0.39 is 6.04 Å². The SMILES string of the molecule is COc1cc(C(=O)NC(C(=O)N(C)Cc2ccsc2)C(C)C)cc(OC)c1OC. The maximum absolute atomic E-state index is 13.0. The third-order valence-corrected chi connectivity index (χ3v) is 5.25. The minimum atomic E-state index is -0.662. The van der Waals surface area contributed by atoms with Crippen LogP contribution in [0.5, 0.6) is 17.2 Å². The lowest BCUT2D eigenvalue weighted by Gasteiger charge is -2.27. The molecule has 1 heterocycles. The Morgan fingerprint density at radius 2 is 1.72 bits per heavy atom. The molecule has 2 aromatic rings. The first-order valence-electron chi connectivity index (χ1n) is 9.19. The second-order valence-electron chi connectivity index (χ2n) is 6.94. The molecule has 29 heavy (non-hydrogen) atoms. The van der Waals surface area contributed by atoms with Crippen molar-refractivity contribution in [3.8, 4) is 17.2 Å². The number of carbonyl (C=O) groups is 2. The number of rotatable bonds is 9. The van der Waals surface area contributed by atoms with Crippen LogP contribution in [0.2, 0.25) is 0 Å². The molecule has 7 nitrogen and oxygen atoms in total. The molecule has 2 amide bonds. The molecule has 0 radical (unpaired) electrons. The quantitative estimate of drug-likeness (QED) is 0.674.